The summed E-state index contributed by atoms with van der Waals surface area (Å²) in [5, 5.41) is 6.77. The molecule has 0 saturated heterocycles. The lowest BCUT2D eigenvalue weighted by atomic mass is 9.64. The van der Waals surface area contributed by atoms with Crippen LogP contribution in [0.1, 0.15) is 31.7 Å². The highest BCUT2D eigenvalue weighted by molar-refractivity contribution is 9.10. The van der Waals surface area contributed by atoms with E-state index in [1.165, 1.54) is 24.8 Å². The minimum Gasteiger partial charge on any atom is -0.380 e. The Balaban J connectivity index is 1.88. The van der Waals surface area contributed by atoms with Crippen LogP contribution in [0.5, 0.6) is 0 Å². The minimum atomic E-state index is 0.248. The lowest BCUT2D eigenvalue weighted by Gasteiger charge is -2.43. The van der Waals surface area contributed by atoms with Crippen molar-refractivity contribution in [2.24, 2.45) is 4.99 Å². The number of ether oxygens (including phenoxy) is 1. The van der Waals surface area contributed by atoms with Gasteiger partial charge in [-0.3, -0.25) is 4.99 Å². The van der Waals surface area contributed by atoms with Crippen LogP contribution in [0.3, 0.4) is 0 Å². The number of aliphatic imine (C=N–C) groups is 1. The lowest BCUT2D eigenvalue weighted by molar-refractivity contribution is 0.152. The van der Waals surface area contributed by atoms with Gasteiger partial charge in [-0.05, 0) is 37.5 Å². The summed E-state index contributed by atoms with van der Waals surface area (Å²) in [6, 6.07) is 8.72. The zero-order chi connectivity index (χ0) is 15.8. The highest BCUT2D eigenvalue weighted by Crippen LogP contribution is 2.43. The van der Waals surface area contributed by atoms with Crippen LogP contribution in [0.2, 0.25) is 0 Å². The van der Waals surface area contributed by atoms with Crippen LogP contribution in [0.25, 0.3) is 0 Å². The van der Waals surface area contributed by atoms with Crippen molar-refractivity contribution in [1.29, 1.82) is 0 Å². The maximum absolute atomic E-state index is 5.34. The fraction of sp³-hybridized carbons (Fsp3) is 0.588. The maximum Gasteiger partial charge on any atom is 0.191 e. The Hall–Kier alpha value is -1.07. The fourth-order valence-corrected chi connectivity index (χ4v) is 3.10. The Labute approximate surface area is 141 Å². The molecule has 2 N–H and O–H groups in total. The Morgan fingerprint density at radius 3 is 2.55 bits per heavy atom. The molecular formula is C17H26BrN3O. The van der Waals surface area contributed by atoms with E-state index in [0.29, 0.717) is 6.61 Å². The SMILES string of the molecule is CCOCCNC(=NC)NCC1(c2ccc(Br)cc2)CCC1. The zero-order valence-electron chi connectivity index (χ0n) is 13.5. The van der Waals surface area contributed by atoms with Crippen molar-refractivity contribution < 1.29 is 4.74 Å². The molecule has 122 valence electrons. The summed E-state index contributed by atoms with van der Waals surface area (Å²) in [6.45, 7) is 5.16. The van der Waals surface area contributed by atoms with Gasteiger partial charge >= 0.3 is 0 Å². The second kappa shape index (κ2) is 8.53. The third-order valence-electron chi connectivity index (χ3n) is 4.33. The molecule has 0 heterocycles. The van der Waals surface area contributed by atoms with Crippen molar-refractivity contribution in [2.45, 2.75) is 31.6 Å². The second-order valence-electron chi connectivity index (χ2n) is 5.69. The normalized spacial score (nSPS) is 17.0. The zero-order valence-corrected chi connectivity index (χ0v) is 15.1. The molecule has 1 aliphatic carbocycles. The first-order chi connectivity index (χ1) is 10.7. The largest absolute Gasteiger partial charge is 0.380 e. The molecule has 0 unspecified atom stereocenters. The number of benzene rings is 1. The molecule has 0 atom stereocenters. The average molecular weight is 368 g/mol. The summed E-state index contributed by atoms with van der Waals surface area (Å²) in [4.78, 5) is 4.29. The number of rotatable bonds is 7. The van der Waals surface area contributed by atoms with Gasteiger partial charge in [-0.1, -0.05) is 34.5 Å². The van der Waals surface area contributed by atoms with Crippen LogP contribution < -0.4 is 10.6 Å². The van der Waals surface area contributed by atoms with Crippen molar-refractivity contribution >= 4 is 21.9 Å². The first kappa shape index (κ1) is 17.3. The van der Waals surface area contributed by atoms with Crippen LogP contribution >= 0.6 is 15.9 Å². The molecule has 5 heteroatoms. The summed E-state index contributed by atoms with van der Waals surface area (Å²) >= 11 is 3.51. The smallest absolute Gasteiger partial charge is 0.191 e. The molecule has 22 heavy (non-hydrogen) atoms. The van der Waals surface area contributed by atoms with Crippen molar-refractivity contribution in [3.05, 3.63) is 34.3 Å². The van der Waals surface area contributed by atoms with Gasteiger partial charge in [0.15, 0.2) is 5.96 Å². The van der Waals surface area contributed by atoms with Gasteiger partial charge in [0, 0.05) is 36.6 Å². The van der Waals surface area contributed by atoms with E-state index in [-0.39, 0.29) is 5.41 Å². The molecule has 0 bridgehead atoms. The van der Waals surface area contributed by atoms with E-state index >= 15 is 0 Å². The van der Waals surface area contributed by atoms with Gasteiger partial charge in [0.25, 0.3) is 0 Å². The van der Waals surface area contributed by atoms with Gasteiger partial charge in [-0.25, -0.2) is 0 Å². The van der Waals surface area contributed by atoms with Crippen LogP contribution in [0.4, 0.5) is 0 Å². The highest BCUT2D eigenvalue weighted by Gasteiger charge is 2.38. The monoisotopic (exact) mass is 367 g/mol. The summed E-state index contributed by atoms with van der Waals surface area (Å²) in [7, 11) is 1.81. The van der Waals surface area contributed by atoms with Crippen molar-refractivity contribution in [3.63, 3.8) is 0 Å². The van der Waals surface area contributed by atoms with E-state index in [1.807, 2.05) is 14.0 Å². The van der Waals surface area contributed by atoms with Crippen molar-refractivity contribution in [3.8, 4) is 0 Å². The molecule has 1 aliphatic rings. The van der Waals surface area contributed by atoms with Gasteiger partial charge < -0.3 is 15.4 Å². The molecule has 1 fully saturated rings. The quantitative estimate of drug-likeness (QED) is 0.442. The van der Waals surface area contributed by atoms with E-state index < -0.39 is 0 Å². The van der Waals surface area contributed by atoms with Crippen LogP contribution in [0.15, 0.2) is 33.7 Å². The number of halogens is 1. The van der Waals surface area contributed by atoms with Gasteiger partial charge in [-0.2, -0.15) is 0 Å². The maximum atomic E-state index is 5.34. The molecule has 0 spiro atoms. The van der Waals surface area contributed by atoms with Crippen LogP contribution in [-0.4, -0.2) is 39.3 Å². The van der Waals surface area contributed by atoms with E-state index in [0.717, 1.165) is 30.1 Å². The number of hydrogen-bond donors (Lipinski definition) is 2. The fourth-order valence-electron chi connectivity index (χ4n) is 2.83. The third-order valence-corrected chi connectivity index (χ3v) is 4.86. The topological polar surface area (TPSA) is 45.6 Å². The number of guanidine groups is 1. The first-order valence-electron chi connectivity index (χ1n) is 7.98. The predicted molar refractivity (Wildman–Crippen MR) is 95.5 cm³/mol. The molecule has 0 aromatic heterocycles. The average Bonchev–Trinajstić information content (AvgIpc) is 2.49. The predicted octanol–water partition coefficient (Wildman–Crippen LogP) is 3.07. The van der Waals surface area contributed by atoms with Crippen molar-refractivity contribution in [1.82, 2.24) is 10.6 Å². The molecule has 1 aromatic carbocycles. The number of nitrogens with zero attached hydrogens (tertiary/aromatic N) is 1. The Morgan fingerprint density at radius 1 is 1.27 bits per heavy atom. The Kier molecular flexibility index (Phi) is 6.70. The molecule has 1 aromatic rings. The molecule has 0 amide bonds. The summed E-state index contributed by atoms with van der Waals surface area (Å²) < 4.78 is 6.47. The summed E-state index contributed by atoms with van der Waals surface area (Å²) in [5.41, 5.74) is 1.66. The Bertz CT molecular complexity index is 483. The van der Waals surface area contributed by atoms with Gasteiger partial charge in [-0.15, -0.1) is 0 Å². The van der Waals surface area contributed by atoms with Crippen LogP contribution in [-0.2, 0) is 10.2 Å². The molecule has 2 rings (SSSR count). The van der Waals surface area contributed by atoms with Gasteiger partial charge in [0.2, 0.25) is 0 Å². The molecule has 0 radical (unpaired) electrons. The van der Waals surface area contributed by atoms with E-state index in [9.17, 15) is 0 Å². The van der Waals surface area contributed by atoms with E-state index in [1.54, 1.807) is 0 Å². The summed E-state index contributed by atoms with van der Waals surface area (Å²) in [5.74, 6) is 0.850. The first-order valence-corrected chi connectivity index (χ1v) is 8.78. The van der Waals surface area contributed by atoms with E-state index in [4.69, 9.17) is 4.74 Å². The minimum absolute atomic E-state index is 0.248. The Morgan fingerprint density at radius 2 is 2.00 bits per heavy atom. The number of hydrogen-bond acceptors (Lipinski definition) is 2. The highest BCUT2D eigenvalue weighted by atomic mass is 79.9. The second-order valence-corrected chi connectivity index (χ2v) is 6.61. The standard InChI is InChI=1S/C17H26BrN3O/c1-3-22-12-11-20-16(19-2)21-13-17(9-4-10-17)14-5-7-15(18)8-6-14/h5-8H,3-4,9-13H2,1-2H3,(H2,19,20,21). The number of nitrogens with one attached hydrogen (secondary N) is 2. The molecule has 4 nitrogen and oxygen atoms in total. The van der Waals surface area contributed by atoms with Gasteiger partial charge in [0.05, 0.1) is 6.61 Å². The summed E-state index contributed by atoms with van der Waals surface area (Å²) in [6.07, 6.45) is 3.77. The molecule has 0 aliphatic heterocycles. The van der Waals surface area contributed by atoms with E-state index in [2.05, 4.69) is 55.8 Å². The molecule has 1 saturated carbocycles. The van der Waals surface area contributed by atoms with Gasteiger partial charge in [0.1, 0.15) is 0 Å². The third kappa shape index (κ3) is 4.46. The van der Waals surface area contributed by atoms with Crippen molar-refractivity contribution in [2.75, 3.05) is 33.4 Å². The lowest BCUT2D eigenvalue weighted by Crippen LogP contribution is -2.49. The van der Waals surface area contributed by atoms with Crippen LogP contribution in [0, 0.1) is 0 Å². The molecular weight excluding hydrogens is 342 g/mol.